The van der Waals surface area contributed by atoms with Crippen molar-refractivity contribution in [3.05, 3.63) is 0 Å². The van der Waals surface area contributed by atoms with Gasteiger partial charge in [-0.05, 0) is 7.05 Å². The van der Waals surface area contributed by atoms with Gasteiger partial charge in [0, 0.05) is 19.8 Å². The number of rotatable bonds is 19. The van der Waals surface area contributed by atoms with Crippen LogP contribution in [0.15, 0.2) is 0 Å². The van der Waals surface area contributed by atoms with Crippen molar-refractivity contribution >= 4 is 0 Å². The topological polar surface area (TPSA) is 96.2 Å². The predicted octanol–water partition coefficient (Wildman–Crippen LogP) is -1.21. The van der Waals surface area contributed by atoms with Crippen LogP contribution < -0.4 is 16.4 Å². The molecule has 0 saturated heterocycles. The van der Waals surface area contributed by atoms with Crippen LogP contribution in [0.3, 0.4) is 0 Å². The van der Waals surface area contributed by atoms with Crippen molar-refractivity contribution in [3.63, 3.8) is 0 Å². The fourth-order valence-electron chi connectivity index (χ4n) is 1.40. The van der Waals surface area contributed by atoms with Gasteiger partial charge in [-0.15, -0.1) is 0 Å². The first-order valence-electron chi connectivity index (χ1n) is 7.86. The van der Waals surface area contributed by atoms with Gasteiger partial charge in [0.25, 0.3) is 0 Å². The average molecular weight is 323 g/mol. The Morgan fingerprint density at radius 1 is 0.591 bits per heavy atom. The van der Waals surface area contributed by atoms with Gasteiger partial charge < -0.3 is 40.1 Å². The van der Waals surface area contributed by atoms with E-state index in [1.807, 2.05) is 7.05 Å². The third-order valence-electron chi connectivity index (χ3n) is 2.55. The van der Waals surface area contributed by atoms with Crippen LogP contribution >= 0.6 is 0 Å². The van der Waals surface area contributed by atoms with Gasteiger partial charge in [0.15, 0.2) is 0 Å². The molecule has 4 N–H and O–H groups in total. The van der Waals surface area contributed by atoms with Crippen LogP contribution in [0.1, 0.15) is 0 Å². The number of nitrogens with one attached hydrogen (secondary N) is 2. The Morgan fingerprint density at radius 3 is 1.32 bits per heavy atom. The fourth-order valence-corrected chi connectivity index (χ4v) is 1.40. The number of nitrogens with two attached hydrogens (primary N) is 1. The SMILES string of the molecule is CNCCOCCOCCOCCOCCOCCNCN. The first-order valence-corrected chi connectivity index (χ1v) is 7.86. The van der Waals surface area contributed by atoms with E-state index in [4.69, 9.17) is 29.4 Å². The van der Waals surface area contributed by atoms with Crippen LogP contribution in [-0.4, -0.2) is 92.9 Å². The zero-order chi connectivity index (χ0) is 16.1. The molecule has 0 unspecified atom stereocenters. The number of hydrogen-bond donors (Lipinski definition) is 3. The normalized spacial score (nSPS) is 11.2. The summed E-state index contributed by atoms with van der Waals surface area (Å²) in [5.41, 5.74) is 5.28. The van der Waals surface area contributed by atoms with Crippen LogP contribution in [0, 0.1) is 0 Å². The fraction of sp³-hybridized carbons (Fsp3) is 1.00. The standard InChI is InChI=1S/C14H33N3O5/c1-16-2-4-18-6-8-20-10-12-22-13-11-21-9-7-19-5-3-17-14-15/h16-17H,2-15H2,1H3. The molecule has 0 rings (SSSR count). The zero-order valence-corrected chi connectivity index (χ0v) is 13.8. The molecule has 0 atom stereocenters. The molecule has 0 aliphatic heterocycles. The highest BCUT2D eigenvalue weighted by molar-refractivity contribution is 4.40. The average Bonchev–Trinajstić information content (AvgIpc) is 2.54. The monoisotopic (exact) mass is 323 g/mol. The highest BCUT2D eigenvalue weighted by Crippen LogP contribution is 1.83. The first kappa shape index (κ1) is 21.7. The minimum atomic E-state index is 0.476. The molecule has 0 bridgehead atoms. The van der Waals surface area contributed by atoms with E-state index in [1.54, 1.807) is 0 Å². The maximum atomic E-state index is 5.37. The Balaban J connectivity index is 2.91. The molecule has 8 heteroatoms. The minimum Gasteiger partial charge on any atom is -0.378 e. The van der Waals surface area contributed by atoms with Gasteiger partial charge in [0.2, 0.25) is 0 Å². The summed E-state index contributed by atoms with van der Waals surface area (Å²) in [5, 5.41) is 5.98. The van der Waals surface area contributed by atoms with Gasteiger partial charge in [-0.25, -0.2) is 0 Å². The highest BCUT2D eigenvalue weighted by Gasteiger charge is 1.93. The third-order valence-corrected chi connectivity index (χ3v) is 2.55. The molecule has 22 heavy (non-hydrogen) atoms. The Morgan fingerprint density at radius 2 is 0.955 bits per heavy atom. The summed E-state index contributed by atoms with van der Waals surface area (Å²) in [6.07, 6.45) is 0. The minimum absolute atomic E-state index is 0.476. The lowest BCUT2D eigenvalue weighted by Gasteiger charge is -2.08. The molecular formula is C14H33N3O5. The lowest BCUT2D eigenvalue weighted by Crippen LogP contribution is -2.26. The quantitative estimate of drug-likeness (QED) is 0.201. The number of ether oxygens (including phenoxy) is 5. The van der Waals surface area contributed by atoms with E-state index in [-0.39, 0.29) is 0 Å². The van der Waals surface area contributed by atoms with Crippen molar-refractivity contribution in [3.8, 4) is 0 Å². The molecular weight excluding hydrogens is 290 g/mol. The van der Waals surface area contributed by atoms with E-state index < -0.39 is 0 Å². The molecule has 0 heterocycles. The Kier molecular flexibility index (Phi) is 20.4. The highest BCUT2D eigenvalue weighted by atomic mass is 16.6. The van der Waals surface area contributed by atoms with E-state index >= 15 is 0 Å². The molecule has 0 saturated carbocycles. The van der Waals surface area contributed by atoms with Gasteiger partial charge in [-0.1, -0.05) is 0 Å². The third kappa shape index (κ3) is 19.7. The molecule has 0 amide bonds. The second kappa shape index (κ2) is 20.7. The van der Waals surface area contributed by atoms with E-state index in [0.29, 0.717) is 72.7 Å². The molecule has 0 radical (unpaired) electrons. The largest absolute Gasteiger partial charge is 0.378 e. The summed E-state index contributed by atoms with van der Waals surface area (Å²) in [6.45, 7) is 8.11. The molecule has 0 spiro atoms. The Hall–Kier alpha value is -0.320. The molecule has 8 nitrogen and oxygen atoms in total. The van der Waals surface area contributed by atoms with E-state index in [9.17, 15) is 0 Å². The number of hydrogen-bond acceptors (Lipinski definition) is 8. The summed E-state index contributed by atoms with van der Waals surface area (Å²) in [6, 6.07) is 0. The van der Waals surface area contributed by atoms with Crippen LogP contribution in [0.5, 0.6) is 0 Å². The molecule has 0 fully saturated rings. The summed E-state index contributed by atoms with van der Waals surface area (Å²) in [5.74, 6) is 0. The maximum absolute atomic E-state index is 5.37. The zero-order valence-electron chi connectivity index (χ0n) is 13.8. The van der Waals surface area contributed by atoms with E-state index in [0.717, 1.165) is 13.1 Å². The lowest BCUT2D eigenvalue weighted by atomic mass is 10.6. The van der Waals surface area contributed by atoms with Gasteiger partial charge in [-0.2, -0.15) is 0 Å². The smallest absolute Gasteiger partial charge is 0.0701 e. The molecule has 0 aromatic carbocycles. The van der Waals surface area contributed by atoms with Crippen LogP contribution in [-0.2, 0) is 23.7 Å². The van der Waals surface area contributed by atoms with Crippen molar-refractivity contribution in [2.45, 2.75) is 0 Å². The Bertz CT molecular complexity index is 181. The molecule has 0 aromatic heterocycles. The van der Waals surface area contributed by atoms with E-state index in [1.165, 1.54) is 0 Å². The number of likely N-dealkylation sites (N-methyl/N-ethyl adjacent to an activating group) is 1. The van der Waals surface area contributed by atoms with Crippen molar-refractivity contribution in [2.24, 2.45) is 5.73 Å². The first-order chi connectivity index (χ1) is 10.9. The van der Waals surface area contributed by atoms with Gasteiger partial charge >= 0.3 is 0 Å². The summed E-state index contributed by atoms with van der Waals surface area (Å²) in [7, 11) is 1.90. The van der Waals surface area contributed by atoms with Crippen LogP contribution in [0.25, 0.3) is 0 Å². The summed E-state index contributed by atoms with van der Waals surface area (Å²) in [4.78, 5) is 0. The molecule has 0 aliphatic carbocycles. The predicted molar refractivity (Wildman–Crippen MR) is 85.1 cm³/mol. The Labute approximate surface area is 133 Å². The second-order valence-electron chi connectivity index (χ2n) is 4.37. The van der Waals surface area contributed by atoms with Gasteiger partial charge in [-0.3, -0.25) is 0 Å². The van der Waals surface area contributed by atoms with Crippen molar-refractivity contribution in [1.29, 1.82) is 0 Å². The molecule has 0 aromatic rings. The summed E-state index contributed by atoms with van der Waals surface area (Å²) >= 11 is 0. The van der Waals surface area contributed by atoms with Gasteiger partial charge in [0.05, 0.1) is 66.1 Å². The molecule has 0 aliphatic rings. The lowest BCUT2D eigenvalue weighted by molar-refractivity contribution is -0.0105. The van der Waals surface area contributed by atoms with Gasteiger partial charge in [0.1, 0.15) is 0 Å². The van der Waals surface area contributed by atoms with Crippen molar-refractivity contribution in [2.75, 3.05) is 92.9 Å². The van der Waals surface area contributed by atoms with Crippen LogP contribution in [0.4, 0.5) is 0 Å². The second-order valence-corrected chi connectivity index (χ2v) is 4.37. The van der Waals surface area contributed by atoms with Crippen molar-refractivity contribution in [1.82, 2.24) is 10.6 Å². The maximum Gasteiger partial charge on any atom is 0.0701 e. The van der Waals surface area contributed by atoms with E-state index in [2.05, 4.69) is 10.6 Å². The summed E-state index contributed by atoms with van der Waals surface area (Å²) < 4.78 is 26.7. The van der Waals surface area contributed by atoms with Crippen LogP contribution in [0.2, 0.25) is 0 Å². The van der Waals surface area contributed by atoms with Crippen molar-refractivity contribution < 1.29 is 23.7 Å². The molecule has 134 valence electrons.